The van der Waals surface area contributed by atoms with Gasteiger partial charge < -0.3 is 15.4 Å². The van der Waals surface area contributed by atoms with Crippen molar-refractivity contribution < 1.29 is 14.3 Å². The third-order valence-electron chi connectivity index (χ3n) is 3.63. The molecule has 1 fully saturated rings. The first kappa shape index (κ1) is 15.8. The number of hydrogen-bond acceptors (Lipinski definition) is 4. The van der Waals surface area contributed by atoms with Gasteiger partial charge in [-0.05, 0) is 43.5 Å². The summed E-state index contributed by atoms with van der Waals surface area (Å²) >= 11 is 5.89. The third kappa shape index (κ3) is 3.95. The minimum atomic E-state index is -0.530. The lowest BCUT2D eigenvalue weighted by atomic mass is 9.94. The number of rotatable bonds is 3. The summed E-state index contributed by atoms with van der Waals surface area (Å²) in [6.45, 7) is 2.95. The van der Waals surface area contributed by atoms with Crippen molar-refractivity contribution in [1.29, 1.82) is 0 Å². The topological polar surface area (TPSA) is 67.4 Å². The largest absolute Gasteiger partial charge is 0.465 e. The predicted molar refractivity (Wildman–Crippen MR) is 81.6 cm³/mol. The second kappa shape index (κ2) is 6.91. The van der Waals surface area contributed by atoms with Crippen molar-refractivity contribution in [2.24, 2.45) is 5.92 Å². The first-order chi connectivity index (χ1) is 10.0. The first-order valence-corrected chi connectivity index (χ1v) is 7.31. The lowest BCUT2D eigenvalue weighted by molar-refractivity contribution is -0.119. The second-order valence-corrected chi connectivity index (χ2v) is 5.74. The van der Waals surface area contributed by atoms with Gasteiger partial charge in [-0.1, -0.05) is 18.5 Å². The maximum absolute atomic E-state index is 12.3. The maximum atomic E-state index is 12.3. The molecule has 1 aromatic rings. The number of amides is 1. The summed E-state index contributed by atoms with van der Waals surface area (Å²) in [4.78, 5) is 24.1. The van der Waals surface area contributed by atoms with Gasteiger partial charge in [0.05, 0.1) is 24.4 Å². The van der Waals surface area contributed by atoms with E-state index in [1.807, 2.05) is 0 Å². The number of methoxy groups -OCH3 is 1. The smallest absolute Gasteiger partial charge is 0.340 e. The number of halogens is 1. The lowest BCUT2D eigenvalue weighted by Crippen LogP contribution is -2.45. The molecule has 1 aliphatic rings. The summed E-state index contributed by atoms with van der Waals surface area (Å²) < 4.78 is 4.71. The Morgan fingerprint density at radius 2 is 2.19 bits per heavy atom. The molecule has 1 aromatic carbocycles. The van der Waals surface area contributed by atoms with Crippen molar-refractivity contribution in [3.63, 3.8) is 0 Å². The van der Waals surface area contributed by atoms with E-state index in [0.717, 1.165) is 19.4 Å². The fourth-order valence-corrected chi connectivity index (χ4v) is 2.60. The van der Waals surface area contributed by atoms with Crippen LogP contribution in [0.15, 0.2) is 18.2 Å². The zero-order valence-electron chi connectivity index (χ0n) is 12.1. The van der Waals surface area contributed by atoms with Crippen LogP contribution >= 0.6 is 11.6 Å². The Kier molecular flexibility index (Phi) is 5.20. The van der Waals surface area contributed by atoms with Gasteiger partial charge in [0.2, 0.25) is 5.91 Å². The molecule has 2 N–H and O–H groups in total. The minimum Gasteiger partial charge on any atom is -0.465 e. The van der Waals surface area contributed by atoms with Gasteiger partial charge in [0.25, 0.3) is 0 Å². The summed E-state index contributed by atoms with van der Waals surface area (Å²) in [5.41, 5.74) is 0.665. The van der Waals surface area contributed by atoms with Crippen molar-refractivity contribution in [2.75, 3.05) is 19.0 Å². The Labute approximate surface area is 129 Å². The van der Waals surface area contributed by atoms with E-state index in [1.54, 1.807) is 12.1 Å². The van der Waals surface area contributed by atoms with Gasteiger partial charge >= 0.3 is 5.97 Å². The fraction of sp³-hybridized carbons (Fsp3) is 0.467. The van der Waals surface area contributed by atoms with Gasteiger partial charge in [0, 0.05) is 5.02 Å². The first-order valence-electron chi connectivity index (χ1n) is 6.93. The zero-order valence-corrected chi connectivity index (χ0v) is 12.9. The molecule has 2 unspecified atom stereocenters. The molecule has 114 valence electrons. The molecule has 0 radical (unpaired) electrons. The Balaban J connectivity index is 2.15. The molecule has 2 atom stereocenters. The van der Waals surface area contributed by atoms with Crippen LogP contribution in [0.25, 0.3) is 0 Å². The summed E-state index contributed by atoms with van der Waals surface area (Å²) in [6, 6.07) is 4.48. The molecule has 0 bridgehead atoms. The van der Waals surface area contributed by atoms with E-state index in [0.29, 0.717) is 16.6 Å². The summed E-state index contributed by atoms with van der Waals surface area (Å²) in [5.74, 6) is -0.168. The van der Waals surface area contributed by atoms with Crippen LogP contribution < -0.4 is 10.6 Å². The van der Waals surface area contributed by atoms with Gasteiger partial charge in [-0.2, -0.15) is 0 Å². The number of benzene rings is 1. The van der Waals surface area contributed by atoms with Gasteiger partial charge in [-0.3, -0.25) is 4.79 Å². The molecule has 1 saturated heterocycles. The van der Waals surface area contributed by atoms with Crippen molar-refractivity contribution in [2.45, 2.75) is 25.8 Å². The molecule has 1 heterocycles. The molecular formula is C15H19ClN2O3. The van der Waals surface area contributed by atoms with Crippen LogP contribution in [0, 0.1) is 5.92 Å². The van der Waals surface area contributed by atoms with Crippen LogP contribution in [0.5, 0.6) is 0 Å². The molecule has 21 heavy (non-hydrogen) atoms. The third-order valence-corrected chi connectivity index (χ3v) is 3.86. The van der Waals surface area contributed by atoms with Crippen LogP contribution in [0.3, 0.4) is 0 Å². The monoisotopic (exact) mass is 310 g/mol. The molecule has 0 saturated carbocycles. The van der Waals surface area contributed by atoms with E-state index in [2.05, 4.69) is 17.6 Å². The fourth-order valence-electron chi connectivity index (χ4n) is 2.43. The van der Waals surface area contributed by atoms with Crippen LogP contribution in [0.2, 0.25) is 5.02 Å². The van der Waals surface area contributed by atoms with E-state index >= 15 is 0 Å². The van der Waals surface area contributed by atoms with Gasteiger partial charge in [0.15, 0.2) is 0 Å². The number of carbonyl (C=O) groups is 2. The van der Waals surface area contributed by atoms with Crippen LogP contribution in [-0.4, -0.2) is 31.6 Å². The number of ether oxygens (including phenoxy) is 1. The van der Waals surface area contributed by atoms with Crippen LogP contribution in [0.4, 0.5) is 5.69 Å². The van der Waals surface area contributed by atoms with Crippen molar-refractivity contribution in [3.05, 3.63) is 28.8 Å². The Morgan fingerprint density at radius 3 is 2.86 bits per heavy atom. The average Bonchev–Trinajstić information content (AvgIpc) is 2.48. The zero-order chi connectivity index (χ0) is 15.4. The van der Waals surface area contributed by atoms with E-state index in [9.17, 15) is 9.59 Å². The number of carbonyl (C=O) groups excluding carboxylic acids is 2. The van der Waals surface area contributed by atoms with Gasteiger partial charge in [0.1, 0.15) is 0 Å². The normalized spacial score (nSPS) is 21.7. The summed E-state index contributed by atoms with van der Waals surface area (Å²) in [6.07, 6.45) is 1.85. The van der Waals surface area contributed by atoms with Crippen molar-refractivity contribution in [3.8, 4) is 0 Å². The highest BCUT2D eigenvalue weighted by Crippen LogP contribution is 2.23. The number of hydrogen-bond donors (Lipinski definition) is 2. The SMILES string of the molecule is COC(=O)c1cc(Cl)ccc1NC(=O)C1CC(C)CCN1. The number of nitrogens with one attached hydrogen (secondary N) is 2. The van der Waals surface area contributed by atoms with E-state index in [-0.39, 0.29) is 17.5 Å². The molecule has 0 aromatic heterocycles. The predicted octanol–water partition coefficient (Wildman–Crippen LogP) is 2.45. The van der Waals surface area contributed by atoms with E-state index < -0.39 is 5.97 Å². The molecule has 1 amide bonds. The summed E-state index contributed by atoms with van der Waals surface area (Å²) in [5, 5.41) is 6.39. The van der Waals surface area contributed by atoms with Crippen LogP contribution in [0.1, 0.15) is 30.1 Å². The molecular weight excluding hydrogens is 292 g/mol. The van der Waals surface area contributed by atoms with Crippen molar-refractivity contribution >= 4 is 29.2 Å². The van der Waals surface area contributed by atoms with Crippen LogP contribution in [-0.2, 0) is 9.53 Å². The van der Waals surface area contributed by atoms with Crippen molar-refractivity contribution in [1.82, 2.24) is 5.32 Å². The molecule has 0 spiro atoms. The quantitative estimate of drug-likeness (QED) is 0.842. The minimum absolute atomic E-state index is 0.144. The van der Waals surface area contributed by atoms with E-state index in [4.69, 9.17) is 16.3 Å². The number of piperidine rings is 1. The Bertz CT molecular complexity index is 548. The average molecular weight is 311 g/mol. The highest BCUT2D eigenvalue weighted by atomic mass is 35.5. The Hall–Kier alpha value is -1.59. The summed E-state index contributed by atoms with van der Waals surface area (Å²) in [7, 11) is 1.29. The molecule has 5 nitrogen and oxygen atoms in total. The second-order valence-electron chi connectivity index (χ2n) is 5.31. The van der Waals surface area contributed by atoms with Gasteiger partial charge in [-0.15, -0.1) is 0 Å². The number of anilines is 1. The molecule has 6 heteroatoms. The highest BCUT2D eigenvalue weighted by molar-refractivity contribution is 6.31. The molecule has 0 aliphatic carbocycles. The lowest BCUT2D eigenvalue weighted by Gasteiger charge is -2.27. The number of esters is 1. The Morgan fingerprint density at radius 1 is 1.43 bits per heavy atom. The highest BCUT2D eigenvalue weighted by Gasteiger charge is 2.25. The molecule has 1 aliphatic heterocycles. The molecule has 2 rings (SSSR count). The maximum Gasteiger partial charge on any atom is 0.340 e. The van der Waals surface area contributed by atoms with E-state index in [1.165, 1.54) is 13.2 Å². The standard InChI is InChI=1S/C15H19ClN2O3/c1-9-5-6-17-13(7-9)14(19)18-12-4-3-10(16)8-11(12)15(20)21-2/h3-4,8-9,13,17H,5-7H2,1-2H3,(H,18,19). The van der Waals surface area contributed by atoms with Gasteiger partial charge in [-0.25, -0.2) is 4.79 Å².